The second-order valence-electron chi connectivity index (χ2n) is 5.25. The molecule has 0 saturated carbocycles. The highest BCUT2D eigenvalue weighted by molar-refractivity contribution is 6.30. The van der Waals surface area contributed by atoms with Crippen LogP contribution in [0.25, 0.3) is 5.57 Å². The summed E-state index contributed by atoms with van der Waals surface area (Å²) >= 11 is 6.03. The lowest BCUT2D eigenvalue weighted by Crippen LogP contribution is -2.12. The zero-order chi connectivity index (χ0) is 15.2. The van der Waals surface area contributed by atoms with E-state index in [0.717, 1.165) is 23.2 Å². The number of aliphatic hydroxyl groups is 1. The highest BCUT2D eigenvalue weighted by atomic mass is 35.5. The SMILES string of the molecule is CN(C)CC=C(c1ccccc1)C(O)c1cccc(Cl)c1. The van der Waals surface area contributed by atoms with Crippen LogP contribution in [0.4, 0.5) is 0 Å². The van der Waals surface area contributed by atoms with E-state index in [2.05, 4.69) is 11.0 Å². The van der Waals surface area contributed by atoms with Gasteiger partial charge in [0.25, 0.3) is 0 Å². The number of likely N-dealkylation sites (N-methyl/N-ethyl adjacent to an activating group) is 1. The second kappa shape index (κ2) is 7.41. The van der Waals surface area contributed by atoms with Gasteiger partial charge in [0.1, 0.15) is 6.10 Å². The number of hydrogen-bond donors (Lipinski definition) is 1. The van der Waals surface area contributed by atoms with Gasteiger partial charge in [-0.2, -0.15) is 0 Å². The molecule has 21 heavy (non-hydrogen) atoms. The summed E-state index contributed by atoms with van der Waals surface area (Å²) < 4.78 is 0. The van der Waals surface area contributed by atoms with Crippen molar-refractivity contribution in [2.24, 2.45) is 0 Å². The molecule has 0 amide bonds. The minimum atomic E-state index is -0.689. The van der Waals surface area contributed by atoms with Crippen LogP contribution >= 0.6 is 11.6 Å². The summed E-state index contributed by atoms with van der Waals surface area (Å²) in [6.45, 7) is 0.766. The maximum Gasteiger partial charge on any atom is 0.104 e. The summed E-state index contributed by atoms with van der Waals surface area (Å²) in [5, 5.41) is 11.4. The third-order valence-corrected chi connectivity index (χ3v) is 3.48. The Morgan fingerprint density at radius 3 is 2.48 bits per heavy atom. The van der Waals surface area contributed by atoms with Gasteiger partial charge in [-0.05, 0) is 42.9 Å². The molecule has 2 aromatic carbocycles. The van der Waals surface area contributed by atoms with Crippen molar-refractivity contribution < 1.29 is 5.11 Å². The maximum absolute atomic E-state index is 10.7. The Labute approximate surface area is 131 Å². The molecular weight excluding hydrogens is 282 g/mol. The average Bonchev–Trinajstić information content (AvgIpc) is 2.48. The van der Waals surface area contributed by atoms with Gasteiger partial charge < -0.3 is 10.0 Å². The normalized spacial score (nSPS) is 13.5. The fourth-order valence-corrected chi connectivity index (χ4v) is 2.35. The minimum Gasteiger partial charge on any atom is -0.384 e. The van der Waals surface area contributed by atoms with Crippen molar-refractivity contribution in [3.63, 3.8) is 0 Å². The molecular formula is C18H20ClNO. The van der Waals surface area contributed by atoms with Crippen LogP contribution in [0.1, 0.15) is 17.2 Å². The molecule has 0 spiro atoms. The first-order chi connectivity index (χ1) is 10.1. The van der Waals surface area contributed by atoms with Crippen LogP contribution in [-0.2, 0) is 0 Å². The lowest BCUT2D eigenvalue weighted by molar-refractivity contribution is 0.237. The number of nitrogens with zero attached hydrogens (tertiary/aromatic N) is 1. The van der Waals surface area contributed by atoms with E-state index >= 15 is 0 Å². The first kappa shape index (κ1) is 15.8. The second-order valence-corrected chi connectivity index (χ2v) is 5.68. The van der Waals surface area contributed by atoms with E-state index in [0.29, 0.717) is 5.02 Å². The van der Waals surface area contributed by atoms with Crippen molar-refractivity contribution in [1.82, 2.24) is 4.90 Å². The predicted octanol–water partition coefficient (Wildman–Crippen LogP) is 4.02. The smallest absolute Gasteiger partial charge is 0.104 e. The van der Waals surface area contributed by atoms with E-state index in [1.54, 1.807) is 6.07 Å². The largest absolute Gasteiger partial charge is 0.384 e. The average molecular weight is 302 g/mol. The van der Waals surface area contributed by atoms with Gasteiger partial charge in [0.05, 0.1) is 0 Å². The molecule has 0 aliphatic rings. The van der Waals surface area contributed by atoms with Gasteiger partial charge in [0, 0.05) is 11.6 Å². The number of rotatable bonds is 5. The van der Waals surface area contributed by atoms with Gasteiger partial charge in [-0.15, -0.1) is 0 Å². The number of halogens is 1. The van der Waals surface area contributed by atoms with Crippen LogP contribution in [0.15, 0.2) is 60.7 Å². The van der Waals surface area contributed by atoms with Gasteiger partial charge in [-0.3, -0.25) is 0 Å². The molecule has 0 saturated heterocycles. The first-order valence-corrected chi connectivity index (χ1v) is 7.29. The fraction of sp³-hybridized carbons (Fsp3) is 0.222. The van der Waals surface area contributed by atoms with Crippen molar-refractivity contribution in [2.45, 2.75) is 6.10 Å². The molecule has 0 heterocycles. The summed E-state index contributed by atoms with van der Waals surface area (Å²) in [5.74, 6) is 0. The molecule has 0 aliphatic heterocycles. The standard InChI is InChI=1S/C18H20ClNO/c1-20(2)12-11-17(14-7-4-3-5-8-14)18(21)15-9-6-10-16(19)13-15/h3-11,13,18,21H,12H2,1-2H3. The van der Waals surface area contributed by atoms with Crippen LogP contribution in [0.3, 0.4) is 0 Å². The predicted molar refractivity (Wildman–Crippen MR) is 89.4 cm³/mol. The monoisotopic (exact) mass is 301 g/mol. The van der Waals surface area contributed by atoms with Crippen LogP contribution < -0.4 is 0 Å². The zero-order valence-corrected chi connectivity index (χ0v) is 13.1. The number of benzene rings is 2. The van der Waals surface area contributed by atoms with Gasteiger partial charge in [-0.1, -0.05) is 60.1 Å². The molecule has 1 atom stereocenters. The van der Waals surface area contributed by atoms with Gasteiger partial charge in [-0.25, -0.2) is 0 Å². The molecule has 1 N–H and O–H groups in total. The molecule has 2 rings (SSSR count). The summed E-state index contributed by atoms with van der Waals surface area (Å²) in [7, 11) is 4.01. The summed E-state index contributed by atoms with van der Waals surface area (Å²) in [6, 6.07) is 17.3. The van der Waals surface area contributed by atoms with E-state index in [1.165, 1.54) is 0 Å². The summed E-state index contributed by atoms with van der Waals surface area (Å²) in [4.78, 5) is 2.06. The Hall–Kier alpha value is -1.61. The molecule has 110 valence electrons. The van der Waals surface area contributed by atoms with Gasteiger partial charge >= 0.3 is 0 Å². The molecule has 3 heteroatoms. The summed E-state index contributed by atoms with van der Waals surface area (Å²) in [5.41, 5.74) is 2.72. The van der Waals surface area contributed by atoms with E-state index in [4.69, 9.17) is 11.6 Å². The van der Waals surface area contributed by atoms with Crippen molar-refractivity contribution in [3.05, 3.63) is 76.8 Å². The highest BCUT2D eigenvalue weighted by Crippen LogP contribution is 2.31. The highest BCUT2D eigenvalue weighted by Gasteiger charge is 2.15. The third kappa shape index (κ3) is 4.43. The minimum absolute atomic E-state index is 0.631. The number of aliphatic hydroxyl groups excluding tert-OH is 1. The maximum atomic E-state index is 10.7. The molecule has 0 aliphatic carbocycles. The van der Waals surface area contributed by atoms with Crippen LogP contribution in [0.5, 0.6) is 0 Å². The Balaban J connectivity index is 2.37. The molecule has 0 radical (unpaired) electrons. The van der Waals surface area contributed by atoms with Crippen LogP contribution in [0.2, 0.25) is 5.02 Å². The molecule has 0 aromatic heterocycles. The van der Waals surface area contributed by atoms with Crippen LogP contribution in [-0.4, -0.2) is 30.6 Å². The first-order valence-electron chi connectivity index (χ1n) is 6.91. The van der Waals surface area contributed by atoms with Crippen LogP contribution in [0, 0.1) is 0 Å². The van der Waals surface area contributed by atoms with E-state index < -0.39 is 6.10 Å². The lowest BCUT2D eigenvalue weighted by atomic mass is 9.95. The van der Waals surface area contributed by atoms with Gasteiger partial charge in [0.15, 0.2) is 0 Å². The van der Waals surface area contributed by atoms with Crippen molar-refractivity contribution in [2.75, 3.05) is 20.6 Å². The summed E-state index contributed by atoms with van der Waals surface area (Å²) in [6.07, 6.45) is 1.37. The van der Waals surface area contributed by atoms with Crippen molar-refractivity contribution in [1.29, 1.82) is 0 Å². The molecule has 2 nitrogen and oxygen atoms in total. The molecule has 0 fully saturated rings. The third-order valence-electron chi connectivity index (χ3n) is 3.24. The van der Waals surface area contributed by atoms with Gasteiger partial charge in [0.2, 0.25) is 0 Å². The number of hydrogen-bond acceptors (Lipinski definition) is 2. The van der Waals surface area contributed by atoms with E-state index in [1.807, 2.05) is 62.6 Å². The zero-order valence-electron chi connectivity index (χ0n) is 12.3. The fourth-order valence-electron chi connectivity index (χ4n) is 2.16. The Kier molecular flexibility index (Phi) is 5.57. The Bertz CT molecular complexity index is 608. The van der Waals surface area contributed by atoms with E-state index in [9.17, 15) is 5.11 Å². The molecule has 2 aromatic rings. The molecule has 1 unspecified atom stereocenters. The topological polar surface area (TPSA) is 23.5 Å². The van der Waals surface area contributed by atoms with Crippen molar-refractivity contribution in [3.8, 4) is 0 Å². The van der Waals surface area contributed by atoms with Crippen molar-refractivity contribution >= 4 is 17.2 Å². The Morgan fingerprint density at radius 1 is 1.14 bits per heavy atom. The quantitative estimate of drug-likeness (QED) is 0.901. The molecule has 0 bridgehead atoms. The van der Waals surface area contributed by atoms with E-state index in [-0.39, 0.29) is 0 Å². The lowest BCUT2D eigenvalue weighted by Gasteiger charge is -2.18. The Morgan fingerprint density at radius 2 is 1.86 bits per heavy atom.